The third-order valence-corrected chi connectivity index (χ3v) is 2.25. The maximum Gasteiger partial charge on any atom is 0.418 e. The van der Waals surface area contributed by atoms with E-state index in [4.69, 9.17) is 11.6 Å². The number of fused-ring (bicyclic) bond motifs is 1. The Morgan fingerprint density at radius 3 is 2.53 bits per heavy atom. The quantitative estimate of drug-likeness (QED) is 0.742. The highest BCUT2D eigenvalue weighted by Gasteiger charge is 2.34. The summed E-state index contributed by atoms with van der Waals surface area (Å²) in [4.78, 5) is 20.9. The fourth-order valence-corrected chi connectivity index (χ4v) is 1.61. The van der Waals surface area contributed by atoms with Crippen LogP contribution in [0.3, 0.4) is 0 Å². The predicted molar refractivity (Wildman–Crippen MR) is 54.9 cm³/mol. The van der Waals surface area contributed by atoms with Crippen molar-refractivity contribution in [3.8, 4) is 0 Å². The molecular weight excluding hydrogens is 259 g/mol. The molecule has 0 amide bonds. The van der Waals surface area contributed by atoms with Gasteiger partial charge in [0.25, 0.3) is 5.56 Å². The second kappa shape index (κ2) is 3.69. The zero-order valence-corrected chi connectivity index (χ0v) is 9.15. The zero-order valence-electron chi connectivity index (χ0n) is 8.39. The van der Waals surface area contributed by atoms with Crippen LogP contribution in [0, 0.1) is 6.92 Å². The number of nitrogens with one attached hydrogen (secondary N) is 1. The van der Waals surface area contributed by atoms with Gasteiger partial charge in [-0.1, -0.05) is 11.6 Å². The van der Waals surface area contributed by atoms with E-state index in [-0.39, 0.29) is 5.82 Å². The van der Waals surface area contributed by atoms with Crippen LogP contribution in [-0.4, -0.2) is 15.0 Å². The van der Waals surface area contributed by atoms with Crippen molar-refractivity contribution >= 4 is 22.6 Å². The van der Waals surface area contributed by atoms with Gasteiger partial charge in [0.05, 0.1) is 5.56 Å². The SMILES string of the molecule is Cc1nc2c(C(F)(F)F)cc(Cl)nc2c(=O)[nH]1. The highest BCUT2D eigenvalue weighted by Crippen LogP contribution is 2.33. The van der Waals surface area contributed by atoms with Gasteiger partial charge in [0.2, 0.25) is 0 Å². The molecule has 0 aliphatic carbocycles. The Morgan fingerprint density at radius 1 is 1.29 bits per heavy atom. The summed E-state index contributed by atoms with van der Waals surface area (Å²) in [5.74, 6) is 0.0807. The number of pyridine rings is 1. The first-order valence-electron chi connectivity index (χ1n) is 4.43. The first-order valence-corrected chi connectivity index (χ1v) is 4.81. The van der Waals surface area contributed by atoms with Gasteiger partial charge < -0.3 is 4.98 Å². The van der Waals surface area contributed by atoms with E-state index in [9.17, 15) is 18.0 Å². The van der Waals surface area contributed by atoms with E-state index < -0.39 is 33.5 Å². The lowest BCUT2D eigenvalue weighted by molar-refractivity contribution is -0.136. The predicted octanol–water partition coefficient (Wildman–Crippen LogP) is 2.30. The van der Waals surface area contributed by atoms with E-state index in [1.807, 2.05) is 0 Å². The van der Waals surface area contributed by atoms with E-state index in [0.717, 1.165) is 0 Å². The van der Waals surface area contributed by atoms with E-state index in [0.29, 0.717) is 6.07 Å². The van der Waals surface area contributed by atoms with Crippen molar-refractivity contribution in [3.63, 3.8) is 0 Å². The normalized spacial score (nSPS) is 12.1. The first-order chi connectivity index (χ1) is 7.79. The lowest BCUT2D eigenvalue weighted by Crippen LogP contribution is -2.16. The maximum absolute atomic E-state index is 12.7. The molecule has 0 atom stereocenters. The van der Waals surface area contributed by atoms with Gasteiger partial charge >= 0.3 is 6.18 Å². The van der Waals surface area contributed by atoms with Gasteiger partial charge in [-0.25, -0.2) is 9.97 Å². The lowest BCUT2D eigenvalue weighted by Gasteiger charge is -2.09. The molecule has 0 bridgehead atoms. The Balaban J connectivity index is 2.98. The minimum Gasteiger partial charge on any atom is -0.309 e. The second-order valence-corrected chi connectivity index (χ2v) is 3.73. The molecule has 0 aliphatic rings. The Bertz CT molecular complexity index is 650. The number of H-pyrrole nitrogens is 1. The van der Waals surface area contributed by atoms with Crippen molar-refractivity contribution < 1.29 is 13.2 Å². The Kier molecular flexibility index (Phi) is 2.57. The van der Waals surface area contributed by atoms with Crippen LogP contribution < -0.4 is 5.56 Å². The zero-order chi connectivity index (χ0) is 12.8. The number of hydrogen-bond acceptors (Lipinski definition) is 3. The number of aryl methyl sites for hydroxylation is 1. The van der Waals surface area contributed by atoms with Crippen LogP contribution in [-0.2, 0) is 6.18 Å². The van der Waals surface area contributed by atoms with Crippen LogP contribution in [0.15, 0.2) is 10.9 Å². The molecule has 2 rings (SSSR count). The number of hydrogen-bond donors (Lipinski definition) is 1. The van der Waals surface area contributed by atoms with Crippen LogP contribution in [0.4, 0.5) is 13.2 Å². The summed E-state index contributed by atoms with van der Waals surface area (Å²) in [6.07, 6.45) is -4.64. The average molecular weight is 264 g/mol. The fraction of sp³-hybridized carbons (Fsp3) is 0.222. The van der Waals surface area contributed by atoms with E-state index in [1.54, 1.807) is 0 Å². The lowest BCUT2D eigenvalue weighted by atomic mass is 10.2. The molecule has 90 valence electrons. The second-order valence-electron chi connectivity index (χ2n) is 3.34. The molecule has 0 fully saturated rings. The standard InChI is InChI=1S/C9H5ClF3N3O/c1-3-14-6-4(9(11,12)13)2-5(10)16-7(6)8(17)15-3/h2H,1H3,(H,14,15,17). The number of rotatable bonds is 0. The Hall–Kier alpha value is -1.63. The highest BCUT2D eigenvalue weighted by molar-refractivity contribution is 6.29. The Morgan fingerprint density at radius 2 is 1.94 bits per heavy atom. The fourth-order valence-electron chi connectivity index (χ4n) is 1.41. The summed E-state index contributed by atoms with van der Waals surface area (Å²) in [5, 5.41) is -0.402. The van der Waals surface area contributed by atoms with Gasteiger partial charge in [-0.3, -0.25) is 4.79 Å². The van der Waals surface area contributed by atoms with Crippen LogP contribution in [0.2, 0.25) is 5.15 Å². The summed E-state index contributed by atoms with van der Waals surface area (Å²) in [6.45, 7) is 1.38. The third-order valence-electron chi connectivity index (χ3n) is 2.06. The van der Waals surface area contributed by atoms with Crippen molar-refractivity contribution in [2.75, 3.05) is 0 Å². The van der Waals surface area contributed by atoms with Crippen molar-refractivity contribution in [3.05, 3.63) is 33.0 Å². The highest BCUT2D eigenvalue weighted by atomic mass is 35.5. The molecule has 0 unspecified atom stereocenters. The monoisotopic (exact) mass is 263 g/mol. The van der Waals surface area contributed by atoms with E-state index >= 15 is 0 Å². The minimum absolute atomic E-state index is 0.0807. The molecule has 0 saturated carbocycles. The smallest absolute Gasteiger partial charge is 0.309 e. The first kappa shape index (κ1) is 11.8. The molecular formula is C9H5ClF3N3O. The largest absolute Gasteiger partial charge is 0.418 e. The van der Waals surface area contributed by atoms with Crippen molar-refractivity contribution in [1.82, 2.24) is 15.0 Å². The van der Waals surface area contributed by atoms with E-state index in [2.05, 4.69) is 15.0 Å². The van der Waals surface area contributed by atoms with Gasteiger partial charge in [0.15, 0.2) is 5.52 Å². The van der Waals surface area contributed by atoms with Gasteiger partial charge in [-0.05, 0) is 13.0 Å². The number of alkyl halides is 3. The van der Waals surface area contributed by atoms with E-state index in [1.165, 1.54) is 6.92 Å². The number of halogens is 4. The number of aromatic nitrogens is 3. The van der Waals surface area contributed by atoms with Gasteiger partial charge in [0, 0.05) is 0 Å². The molecule has 4 nitrogen and oxygen atoms in total. The third kappa shape index (κ3) is 2.10. The summed E-state index contributed by atoms with van der Waals surface area (Å²) in [5.41, 5.74) is -2.74. The topological polar surface area (TPSA) is 58.6 Å². The van der Waals surface area contributed by atoms with Crippen molar-refractivity contribution in [2.45, 2.75) is 13.1 Å². The molecule has 0 aromatic carbocycles. The molecule has 1 N–H and O–H groups in total. The van der Waals surface area contributed by atoms with Crippen LogP contribution in [0.5, 0.6) is 0 Å². The Labute approximate surface area is 97.5 Å². The molecule has 8 heteroatoms. The number of aromatic amines is 1. The molecule has 0 aliphatic heterocycles. The van der Waals surface area contributed by atoms with Crippen LogP contribution in [0.1, 0.15) is 11.4 Å². The van der Waals surface area contributed by atoms with Crippen LogP contribution >= 0.6 is 11.6 Å². The molecule has 2 heterocycles. The van der Waals surface area contributed by atoms with Crippen molar-refractivity contribution in [1.29, 1.82) is 0 Å². The summed E-state index contributed by atoms with van der Waals surface area (Å²) >= 11 is 5.45. The van der Waals surface area contributed by atoms with Crippen molar-refractivity contribution in [2.24, 2.45) is 0 Å². The minimum atomic E-state index is -4.64. The summed E-state index contributed by atoms with van der Waals surface area (Å²) in [7, 11) is 0. The average Bonchev–Trinajstić information content (AvgIpc) is 2.16. The summed E-state index contributed by atoms with van der Waals surface area (Å²) in [6, 6.07) is 0.649. The molecule has 0 radical (unpaired) electrons. The number of nitrogens with zero attached hydrogens (tertiary/aromatic N) is 2. The molecule has 0 spiro atoms. The van der Waals surface area contributed by atoms with Gasteiger partial charge in [-0.2, -0.15) is 13.2 Å². The summed E-state index contributed by atoms with van der Waals surface area (Å²) < 4.78 is 38.2. The molecule has 2 aromatic rings. The molecule has 17 heavy (non-hydrogen) atoms. The van der Waals surface area contributed by atoms with Gasteiger partial charge in [-0.15, -0.1) is 0 Å². The molecule has 2 aromatic heterocycles. The maximum atomic E-state index is 12.7. The van der Waals surface area contributed by atoms with Gasteiger partial charge in [0.1, 0.15) is 16.5 Å². The molecule has 0 saturated heterocycles. The van der Waals surface area contributed by atoms with Crippen LogP contribution in [0.25, 0.3) is 11.0 Å².